The summed E-state index contributed by atoms with van der Waals surface area (Å²) in [6.07, 6.45) is 0.643. The van der Waals surface area contributed by atoms with E-state index in [0.717, 1.165) is 16.6 Å². The fraction of sp³-hybridized carbons (Fsp3) is 0.167. The third-order valence-electron chi connectivity index (χ3n) is 2.58. The molecule has 5 nitrogen and oxygen atoms in total. The lowest BCUT2D eigenvalue weighted by molar-refractivity contribution is -0.140. The molecule has 2 rings (SSSR count). The average molecular weight is 232 g/mol. The molecular weight excluding hydrogens is 220 g/mol. The summed E-state index contributed by atoms with van der Waals surface area (Å²) in [6, 6.07) is 8.66. The van der Waals surface area contributed by atoms with E-state index >= 15 is 0 Å². The highest BCUT2D eigenvalue weighted by Crippen LogP contribution is 2.15. The molecule has 0 bridgehead atoms. The maximum absolute atomic E-state index is 10.9. The predicted molar refractivity (Wildman–Crippen MR) is 62.6 cm³/mol. The van der Waals surface area contributed by atoms with E-state index in [-0.39, 0.29) is 6.42 Å². The van der Waals surface area contributed by atoms with Crippen molar-refractivity contribution in [3.8, 4) is 0 Å². The summed E-state index contributed by atoms with van der Waals surface area (Å²) in [7, 11) is 0. The quantitative estimate of drug-likeness (QED) is 0.670. The summed E-state index contributed by atoms with van der Waals surface area (Å²) in [5.41, 5.74) is 1.74. The van der Waals surface area contributed by atoms with E-state index in [1.165, 1.54) is 0 Å². The van der Waals surface area contributed by atoms with Crippen LogP contribution in [0.2, 0.25) is 0 Å². The maximum Gasteiger partial charge on any atom is 0.326 e. The number of rotatable bonds is 5. The van der Waals surface area contributed by atoms with Gasteiger partial charge in [-0.25, -0.2) is 4.79 Å². The van der Waals surface area contributed by atoms with Crippen LogP contribution in [-0.4, -0.2) is 28.5 Å². The number of fused-ring (bicyclic) bond motifs is 1. The van der Waals surface area contributed by atoms with Crippen LogP contribution in [0.5, 0.6) is 0 Å². The summed E-state index contributed by atoms with van der Waals surface area (Å²) < 4.78 is 0. The minimum atomic E-state index is -1.05. The number of carboxylic acid groups (broad SMARTS) is 1. The second-order valence-corrected chi connectivity index (χ2v) is 3.76. The smallest absolute Gasteiger partial charge is 0.326 e. The van der Waals surface area contributed by atoms with Crippen molar-refractivity contribution in [1.29, 1.82) is 0 Å². The zero-order valence-electron chi connectivity index (χ0n) is 9.01. The van der Waals surface area contributed by atoms with Crippen molar-refractivity contribution in [2.24, 2.45) is 0 Å². The third kappa shape index (κ3) is 2.44. The lowest BCUT2D eigenvalue weighted by atomic mass is 10.1. The molecule has 0 fully saturated rings. The van der Waals surface area contributed by atoms with E-state index in [4.69, 9.17) is 5.11 Å². The minimum Gasteiger partial charge on any atom is -0.480 e. The van der Waals surface area contributed by atoms with Gasteiger partial charge in [0.15, 0.2) is 0 Å². The molecule has 88 valence electrons. The summed E-state index contributed by atoms with van der Waals surface area (Å²) in [5.74, 6) is -1.05. The van der Waals surface area contributed by atoms with Crippen molar-refractivity contribution in [2.45, 2.75) is 12.5 Å². The first-order chi connectivity index (χ1) is 8.20. The SMILES string of the molecule is O=CNC(Cc1cc2ccccc2[nH]1)C(=O)O. The highest BCUT2D eigenvalue weighted by Gasteiger charge is 2.17. The molecule has 0 saturated carbocycles. The van der Waals surface area contributed by atoms with Gasteiger partial charge in [-0.3, -0.25) is 4.79 Å². The summed E-state index contributed by atoms with van der Waals surface area (Å²) >= 11 is 0. The van der Waals surface area contributed by atoms with Crippen molar-refractivity contribution >= 4 is 23.3 Å². The Morgan fingerprint density at radius 3 is 2.88 bits per heavy atom. The summed E-state index contributed by atoms with van der Waals surface area (Å²) in [5, 5.41) is 12.2. The van der Waals surface area contributed by atoms with Crippen LogP contribution in [-0.2, 0) is 16.0 Å². The Morgan fingerprint density at radius 1 is 1.47 bits per heavy atom. The number of carbonyl (C=O) groups excluding carboxylic acids is 1. The Bertz CT molecular complexity index is 514. The number of aromatic nitrogens is 1. The number of nitrogens with one attached hydrogen (secondary N) is 2. The van der Waals surface area contributed by atoms with Crippen LogP contribution < -0.4 is 5.32 Å². The van der Waals surface area contributed by atoms with Gasteiger partial charge in [-0.2, -0.15) is 0 Å². The molecule has 1 aromatic heterocycles. The third-order valence-corrected chi connectivity index (χ3v) is 2.58. The molecular formula is C12H12N2O3. The monoisotopic (exact) mass is 232 g/mol. The van der Waals surface area contributed by atoms with Gasteiger partial charge in [-0.05, 0) is 17.5 Å². The second-order valence-electron chi connectivity index (χ2n) is 3.76. The molecule has 0 saturated heterocycles. The van der Waals surface area contributed by atoms with Gasteiger partial charge in [0.1, 0.15) is 6.04 Å². The molecule has 0 aliphatic heterocycles. The lowest BCUT2D eigenvalue weighted by Gasteiger charge is -2.09. The summed E-state index contributed by atoms with van der Waals surface area (Å²) in [4.78, 5) is 24.3. The van der Waals surface area contributed by atoms with Crippen molar-refractivity contribution in [3.63, 3.8) is 0 Å². The standard InChI is InChI=1S/C12H12N2O3/c15-7-13-11(12(16)17)6-9-5-8-3-1-2-4-10(8)14-9/h1-5,7,11,14H,6H2,(H,13,15)(H,16,17). The van der Waals surface area contributed by atoms with Crippen LogP contribution in [0, 0.1) is 0 Å². The number of H-pyrrole nitrogens is 1. The molecule has 1 amide bonds. The molecule has 0 aliphatic rings. The molecule has 1 aromatic carbocycles. The highest BCUT2D eigenvalue weighted by molar-refractivity contribution is 5.81. The fourth-order valence-corrected chi connectivity index (χ4v) is 1.76. The molecule has 5 heteroatoms. The summed E-state index contributed by atoms with van der Waals surface area (Å²) in [6.45, 7) is 0. The van der Waals surface area contributed by atoms with E-state index in [1.54, 1.807) is 0 Å². The number of aromatic amines is 1. The van der Waals surface area contributed by atoms with Crippen molar-refractivity contribution in [1.82, 2.24) is 10.3 Å². The lowest BCUT2D eigenvalue weighted by Crippen LogP contribution is -2.37. The molecule has 0 spiro atoms. The molecule has 0 radical (unpaired) electrons. The topological polar surface area (TPSA) is 82.2 Å². The first kappa shape index (κ1) is 11.2. The number of benzene rings is 1. The first-order valence-electron chi connectivity index (χ1n) is 5.20. The van der Waals surface area contributed by atoms with Crippen LogP contribution >= 0.6 is 0 Å². The zero-order valence-corrected chi connectivity index (χ0v) is 9.01. The normalized spacial score (nSPS) is 12.2. The van der Waals surface area contributed by atoms with Gasteiger partial charge in [0.05, 0.1) is 0 Å². The van der Waals surface area contributed by atoms with Crippen LogP contribution in [0.1, 0.15) is 5.69 Å². The van der Waals surface area contributed by atoms with Crippen LogP contribution in [0.4, 0.5) is 0 Å². The number of carboxylic acids is 1. The largest absolute Gasteiger partial charge is 0.480 e. The van der Waals surface area contributed by atoms with Crippen LogP contribution in [0.3, 0.4) is 0 Å². The Hall–Kier alpha value is -2.30. The van der Waals surface area contributed by atoms with Gasteiger partial charge in [0.2, 0.25) is 6.41 Å². The number of amides is 1. The van der Waals surface area contributed by atoms with E-state index in [0.29, 0.717) is 6.41 Å². The van der Waals surface area contributed by atoms with Gasteiger partial charge in [-0.15, -0.1) is 0 Å². The fourth-order valence-electron chi connectivity index (χ4n) is 1.76. The minimum absolute atomic E-state index is 0.239. The Kier molecular flexibility index (Phi) is 3.09. The van der Waals surface area contributed by atoms with E-state index in [9.17, 15) is 9.59 Å². The van der Waals surface area contributed by atoms with E-state index < -0.39 is 12.0 Å². The van der Waals surface area contributed by atoms with Gasteiger partial charge in [-0.1, -0.05) is 18.2 Å². The molecule has 3 N–H and O–H groups in total. The van der Waals surface area contributed by atoms with E-state index in [1.807, 2.05) is 30.3 Å². The Balaban J connectivity index is 2.21. The Labute approximate surface area is 97.4 Å². The second kappa shape index (κ2) is 4.69. The van der Waals surface area contributed by atoms with Gasteiger partial charge in [0, 0.05) is 17.6 Å². The predicted octanol–water partition coefficient (Wildman–Crippen LogP) is 0.910. The molecule has 0 aliphatic carbocycles. The van der Waals surface area contributed by atoms with Gasteiger partial charge >= 0.3 is 5.97 Å². The molecule has 2 aromatic rings. The Morgan fingerprint density at radius 2 is 2.24 bits per heavy atom. The maximum atomic E-state index is 10.9. The zero-order chi connectivity index (χ0) is 12.3. The number of hydrogen-bond donors (Lipinski definition) is 3. The van der Waals surface area contributed by atoms with Crippen LogP contribution in [0.15, 0.2) is 30.3 Å². The first-order valence-corrected chi connectivity index (χ1v) is 5.20. The van der Waals surface area contributed by atoms with Crippen molar-refractivity contribution < 1.29 is 14.7 Å². The van der Waals surface area contributed by atoms with E-state index in [2.05, 4.69) is 10.3 Å². The number of carbonyl (C=O) groups is 2. The van der Waals surface area contributed by atoms with Gasteiger partial charge in [0.25, 0.3) is 0 Å². The average Bonchev–Trinajstić information content (AvgIpc) is 2.70. The van der Waals surface area contributed by atoms with Gasteiger partial charge < -0.3 is 15.4 Å². The number of para-hydroxylation sites is 1. The number of aliphatic carboxylic acids is 1. The highest BCUT2D eigenvalue weighted by atomic mass is 16.4. The molecule has 17 heavy (non-hydrogen) atoms. The molecule has 1 atom stereocenters. The van der Waals surface area contributed by atoms with Crippen molar-refractivity contribution in [2.75, 3.05) is 0 Å². The number of hydrogen-bond acceptors (Lipinski definition) is 2. The molecule has 1 unspecified atom stereocenters. The van der Waals surface area contributed by atoms with Crippen molar-refractivity contribution in [3.05, 3.63) is 36.0 Å². The molecule has 1 heterocycles. The van der Waals surface area contributed by atoms with Crippen LogP contribution in [0.25, 0.3) is 10.9 Å².